The minimum atomic E-state index is -0.932. The number of benzene rings is 3. The van der Waals surface area contributed by atoms with Crippen molar-refractivity contribution in [1.29, 1.82) is 0 Å². The molecule has 3 aromatic carbocycles. The highest BCUT2D eigenvalue weighted by atomic mass is 35.5. The molecule has 0 bridgehead atoms. The fourth-order valence-corrected chi connectivity index (χ4v) is 5.65. The van der Waals surface area contributed by atoms with Gasteiger partial charge in [0.05, 0.1) is 21.2 Å². The number of carbonyl (C=O) groups is 1. The average Bonchev–Trinajstić information content (AvgIpc) is 3.58. The Morgan fingerprint density at radius 1 is 1.03 bits per heavy atom. The molecule has 1 aliphatic carbocycles. The molecule has 1 fully saturated rings. The predicted octanol–water partition coefficient (Wildman–Crippen LogP) is 8.73. The summed E-state index contributed by atoms with van der Waals surface area (Å²) in [6.45, 7) is 3.88. The fourth-order valence-electron chi connectivity index (χ4n) is 4.76. The molecule has 0 saturated heterocycles. The zero-order valence-electron chi connectivity index (χ0n) is 21.5. The molecule has 1 aromatic heterocycles. The average molecular weight is 587 g/mol. The van der Waals surface area contributed by atoms with Crippen molar-refractivity contribution in [2.45, 2.75) is 44.3 Å². The second kappa shape index (κ2) is 10.9. The van der Waals surface area contributed by atoms with Crippen molar-refractivity contribution < 1.29 is 23.9 Å². The molecule has 1 N–H and O–H groups in total. The predicted molar refractivity (Wildman–Crippen MR) is 151 cm³/mol. The lowest BCUT2D eigenvalue weighted by molar-refractivity contribution is -0.00510. The molecule has 0 radical (unpaired) electrons. The van der Waals surface area contributed by atoms with Gasteiger partial charge < -0.3 is 19.1 Å². The molecule has 1 aliphatic rings. The molecule has 1 saturated carbocycles. The summed E-state index contributed by atoms with van der Waals surface area (Å²) in [6.07, 6.45) is 0.949. The number of methoxy groups -OCH3 is 1. The van der Waals surface area contributed by atoms with Gasteiger partial charge in [0.1, 0.15) is 23.7 Å². The van der Waals surface area contributed by atoms with Gasteiger partial charge in [0.15, 0.2) is 5.76 Å². The van der Waals surface area contributed by atoms with Gasteiger partial charge in [-0.1, -0.05) is 64.2 Å². The normalized spacial score (nSPS) is 16.8. The Hall–Kier alpha value is -3.03. The maximum Gasteiger partial charge on any atom is 0.335 e. The molecule has 0 amide bonds. The molecule has 0 spiro atoms. The minimum absolute atomic E-state index is 0.125. The van der Waals surface area contributed by atoms with Crippen molar-refractivity contribution in [2.75, 3.05) is 7.11 Å². The summed E-state index contributed by atoms with van der Waals surface area (Å²) >= 11 is 19.7. The lowest BCUT2D eigenvalue weighted by Crippen LogP contribution is -2.21. The van der Waals surface area contributed by atoms with E-state index in [4.69, 9.17) is 53.9 Å². The lowest BCUT2D eigenvalue weighted by Gasteiger charge is -2.21. The summed E-state index contributed by atoms with van der Waals surface area (Å²) in [5.74, 6) is 0.733. The van der Waals surface area contributed by atoms with Gasteiger partial charge in [-0.2, -0.15) is 0 Å². The molecule has 0 aliphatic heterocycles. The number of carboxylic acids is 1. The van der Waals surface area contributed by atoms with Crippen LogP contribution < -0.4 is 4.74 Å². The molecule has 5 rings (SSSR count). The van der Waals surface area contributed by atoms with Crippen molar-refractivity contribution >= 4 is 40.8 Å². The van der Waals surface area contributed by atoms with Crippen LogP contribution in [0.25, 0.3) is 11.3 Å². The Bertz CT molecular complexity index is 1510. The summed E-state index contributed by atoms with van der Waals surface area (Å²) < 4.78 is 17.6. The van der Waals surface area contributed by atoms with Crippen LogP contribution in [0.1, 0.15) is 64.9 Å². The SMILES string of the molecule is COC(C)(C)c1onc(-c2c(Cl)cccc2Cl)c1COc1ccc(C2CC2c2ccc(C(=O)O)cc2)c(Cl)c1. The first kappa shape index (κ1) is 27.5. The molecule has 202 valence electrons. The smallest absolute Gasteiger partial charge is 0.335 e. The van der Waals surface area contributed by atoms with Crippen molar-refractivity contribution in [3.63, 3.8) is 0 Å². The number of carboxylic acid groups (broad SMARTS) is 1. The topological polar surface area (TPSA) is 81.8 Å². The largest absolute Gasteiger partial charge is 0.489 e. The van der Waals surface area contributed by atoms with E-state index in [1.165, 1.54) is 0 Å². The highest BCUT2D eigenvalue weighted by Gasteiger charge is 2.40. The van der Waals surface area contributed by atoms with E-state index in [-0.39, 0.29) is 18.1 Å². The van der Waals surface area contributed by atoms with Crippen LogP contribution in [-0.2, 0) is 16.9 Å². The van der Waals surface area contributed by atoms with E-state index in [0.29, 0.717) is 49.3 Å². The number of hydrogen-bond acceptors (Lipinski definition) is 5. The number of rotatable bonds is 9. The lowest BCUT2D eigenvalue weighted by atomic mass is 9.98. The Kier molecular flexibility index (Phi) is 7.66. The monoisotopic (exact) mass is 585 g/mol. The van der Waals surface area contributed by atoms with Gasteiger partial charge in [0.2, 0.25) is 0 Å². The molecule has 6 nitrogen and oxygen atoms in total. The van der Waals surface area contributed by atoms with E-state index < -0.39 is 11.6 Å². The second-order valence-corrected chi connectivity index (χ2v) is 11.2. The summed E-state index contributed by atoms with van der Waals surface area (Å²) in [4.78, 5) is 11.1. The van der Waals surface area contributed by atoms with Crippen molar-refractivity contribution in [3.8, 4) is 17.0 Å². The third-order valence-corrected chi connectivity index (χ3v) is 8.13. The Labute approximate surface area is 241 Å². The van der Waals surface area contributed by atoms with Crippen LogP contribution in [0.5, 0.6) is 5.75 Å². The van der Waals surface area contributed by atoms with Gasteiger partial charge in [-0.15, -0.1) is 0 Å². The van der Waals surface area contributed by atoms with E-state index >= 15 is 0 Å². The molecular weight excluding hydrogens is 561 g/mol. The molecule has 2 atom stereocenters. The van der Waals surface area contributed by atoms with Gasteiger partial charge in [-0.05, 0) is 79.6 Å². The van der Waals surface area contributed by atoms with E-state index in [9.17, 15) is 4.79 Å². The summed E-state index contributed by atoms with van der Waals surface area (Å²) in [6, 6.07) is 18.0. The van der Waals surface area contributed by atoms with Crippen LogP contribution in [0.15, 0.2) is 65.2 Å². The zero-order chi connectivity index (χ0) is 27.9. The second-order valence-electron chi connectivity index (χ2n) is 10.00. The number of nitrogens with zero attached hydrogens (tertiary/aromatic N) is 1. The van der Waals surface area contributed by atoms with Crippen LogP contribution in [0, 0.1) is 0 Å². The van der Waals surface area contributed by atoms with Gasteiger partial charge in [0, 0.05) is 17.7 Å². The van der Waals surface area contributed by atoms with E-state index in [1.807, 2.05) is 38.1 Å². The van der Waals surface area contributed by atoms with E-state index in [0.717, 1.165) is 17.5 Å². The molecule has 2 unspecified atom stereocenters. The van der Waals surface area contributed by atoms with Crippen molar-refractivity contribution in [1.82, 2.24) is 5.16 Å². The van der Waals surface area contributed by atoms with Crippen LogP contribution in [-0.4, -0.2) is 23.3 Å². The standard InChI is InChI=1S/C30H26Cl3NO5/c1-30(2,37-3)28-22(27(34-39-28)26-23(31)5-4-6-24(26)32)15-38-18-11-12-19(25(33)13-18)21-14-20(21)16-7-9-17(10-8-16)29(35)36/h4-13,20-21H,14-15H2,1-3H3,(H,35,36). The van der Waals surface area contributed by atoms with Crippen LogP contribution in [0.3, 0.4) is 0 Å². The Balaban J connectivity index is 1.37. The molecule has 4 aromatic rings. The zero-order valence-corrected chi connectivity index (χ0v) is 23.8. The number of aromatic carboxylic acids is 1. The maximum atomic E-state index is 11.1. The third-order valence-electron chi connectivity index (χ3n) is 7.18. The first-order valence-corrected chi connectivity index (χ1v) is 13.5. The summed E-state index contributed by atoms with van der Waals surface area (Å²) in [5.41, 5.74) is 3.36. The van der Waals surface area contributed by atoms with Crippen molar-refractivity contribution in [2.24, 2.45) is 0 Å². The molecular formula is C30H26Cl3NO5. The van der Waals surface area contributed by atoms with Crippen LogP contribution in [0.2, 0.25) is 15.1 Å². The van der Waals surface area contributed by atoms with Crippen molar-refractivity contribution in [3.05, 3.63) is 104 Å². The Morgan fingerprint density at radius 3 is 2.33 bits per heavy atom. The van der Waals surface area contributed by atoms with Gasteiger partial charge in [-0.3, -0.25) is 0 Å². The molecule has 1 heterocycles. The molecule has 39 heavy (non-hydrogen) atoms. The maximum absolute atomic E-state index is 11.1. The number of hydrogen-bond donors (Lipinski definition) is 1. The first-order chi connectivity index (χ1) is 18.6. The first-order valence-electron chi connectivity index (χ1n) is 12.3. The van der Waals surface area contributed by atoms with Crippen LogP contribution in [0.4, 0.5) is 0 Å². The molecule has 9 heteroatoms. The number of aromatic nitrogens is 1. The summed E-state index contributed by atoms with van der Waals surface area (Å²) in [7, 11) is 1.60. The highest BCUT2D eigenvalue weighted by molar-refractivity contribution is 6.39. The van der Waals surface area contributed by atoms with Gasteiger partial charge in [0.25, 0.3) is 0 Å². The summed E-state index contributed by atoms with van der Waals surface area (Å²) in [5, 5.41) is 14.9. The van der Waals surface area contributed by atoms with E-state index in [1.54, 1.807) is 43.5 Å². The highest BCUT2D eigenvalue weighted by Crippen LogP contribution is 2.56. The fraction of sp³-hybridized carbons (Fsp3) is 0.267. The minimum Gasteiger partial charge on any atom is -0.489 e. The quantitative estimate of drug-likeness (QED) is 0.211. The van der Waals surface area contributed by atoms with Gasteiger partial charge in [-0.25, -0.2) is 4.79 Å². The number of halogens is 3. The van der Waals surface area contributed by atoms with E-state index in [2.05, 4.69) is 5.16 Å². The third kappa shape index (κ3) is 5.52. The van der Waals surface area contributed by atoms with Crippen LogP contribution >= 0.6 is 34.8 Å². The Morgan fingerprint density at radius 2 is 1.72 bits per heavy atom. The van der Waals surface area contributed by atoms with Gasteiger partial charge >= 0.3 is 5.97 Å². The number of ether oxygens (including phenoxy) is 2.